The molecule has 10 heteroatoms. The molecular formula is C20H19FN6O3. The number of nitrogens with zero attached hydrogens (tertiary/aromatic N) is 4. The lowest BCUT2D eigenvalue weighted by Crippen LogP contribution is -2.19. The minimum Gasteiger partial charge on any atom is -0.481 e. The normalized spacial score (nSPS) is 12.0. The Morgan fingerprint density at radius 3 is 2.87 bits per heavy atom. The maximum Gasteiger partial charge on any atom is 0.340 e. The summed E-state index contributed by atoms with van der Waals surface area (Å²) >= 11 is 0. The first kappa shape index (κ1) is 20.6. The average Bonchev–Trinajstić information content (AvgIpc) is 3.25. The molecule has 0 saturated heterocycles. The molecule has 0 aliphatic heterocycles. The smallest absolute Gasteiger partial charge is 0.340 e. The Morgan fingerprint density at radius 2 is 2.13 bits per heavy atom. The third kappa shape index (κ3) is 4.66. The van der Waals surface area contributed by atoms with Crippen molar-refractivity contribution in [3.8, 4) is 5.88 Å². The molecule has 0 saturated carbocycles. The molecule has 3 heterocycles. The molecule has 0 fully saturated rings. The Kier molecular flexibility index (Phi) is 6.48. The molecule has 0 radical (unpaired) electrons. The molecule has 154 valence electrons. The molecule has 0 amide bonds. The number of carbonyl (C=O) groups excluding carboxylic acids is 1. The van der Waals surface area contributed by atoms with Crippen molar-refractivity contribution in [3.05, 3.63) is 71.7 Å². The first-order valence-electron chi connectivity index (χ1n) is 8.92. The summed E-state index contributed by atoms with van der Waals surface area (Å²) in [4.78, 5) is 31.7. The number of esters is 1. The van der Waals surface area contributed by atoms with E-state index in [1.54, 1.807) is 25.1 Å². The molecule has 3 aromatic heterocycles. The van der Waals surface area contributed by atoms with Crippen LogP contribution in [0, 0.1) is 5.82 Å². The summed E-state index contributed by atoms with van der Waals surface area (Å²) in [6.45, 7) is 1.88. The predicted octanol–water partition coefficient (Wildman–Crippen LogP) is 2.61. The number of methoxy groups -OCH3 is 1. The molecule has 0 atom stereocenters. The summed E-state index contributed by atoms with van der Waals surface area (Å²) in [5.74, 6) is -0.935. The number of nitrogens with two attached hydrogens (primary N) is 1. The quantitative estimate of drug-likeness (QED) is 0.365. The molecule has 0 unspecified atom stereocenters. The molecule has 3 N–H and O–H groups in total. The van der Waals surface area contributed by atoms with Crippen LogP contribution in [0.5, 0.6) is 5.88 Å². The molecule has 0 aliphatic rings. The van der Waals surface area contributed by atoms with E-state index in [9.17, 15) is 9.18 Å². The number of ether oxygens (including phenoxy) is 2. The summed E-state index contributed by atoms with van der Waals surface area (Å²) in [6, 6.07) is 7.87. The number of amidine groups is 2. The van der Waals surface area contributed by atoms with Crippen molar-refractivity contribution < 1.29 is 18.7 Å². The lowest BCUT2D eigenvalue weighted by atomic mass is 10.2. The number of carbonyl (C=O) groups is 1. The zero-order valence-corrected chi connectivity index (χ0v) is 16.3. The van der Waals surface area contributed by atoms with Crippen molar-refractivity contribution in [2.75, 3.05) is 13.7 Å². The van der Waals surface area contributed by atoms with E-state index in [1.807, 2.05) is 0 Å². The summed E-state index contributed by atoms with van der Waals surface area (Å²) in [6.07, 6.45) is 3.93. The lowest BCUT2D eigenvalue weighted by molar-refractivity contribution is 0.0526. The van der Waals surface area contributed by atoms with Gasteiger partial charge in [-0.15, -0.1) is 0 Å². The third-order valence-electron chi connectivity index (χ3n) is 3.86. The highest BCUT2D eigenvalue weighted by Gasteiger charge is 2.19. The van der Waals surface area contributed by atoms with Crippen LogP contribution < -0.4 is 10.5 Å². The van der Waals surface area contributed by atoms with Gasteiger partial charge in [-0.3, -0.25) is 4.98 Å². The van der Waals surface area contributed by atoms with Gasteiger partial charge in [-0.05, 0) is 25.1 Å². The minimum absolute atomic E-state index is 0.00785. The van der Waals surface area contributed by atoms with Crippen molar-refractivity contribution in [1.29, 1.82) is 0 Å². The highest BCUT2D eigenvalue weighted by atomic mass is 19.1. The van der Waals surface area contributed by atoms with E-state index < -0.39 is 11.8 Å². The second-order valence-corrected chi connectivity index (χ2v) is 5.81. The van der Waals surface area contributed by atoms with Gasteiger partial charge in [0, 0.05) is 18.5 Å². The first-order chi connectivity index (χ1) is 14.5. The SMILES string of the molecule is CCOC(=O)c1cc[nH]c1C(N=C(N)c1cccc(OC)n1)=Nc1ccncc1F. The van der Waals surface area contributed by atoms with Gasteiger partial charge < -0.3 is 20.2 Å². The van der Waals surface area contributed by atoms with E-state index >= 15 is 0 Å². The van der Waals surface area contributed by atoms with Gasteiger partial charge in [-0.25, -0.2) is 24.2 Å². The number of pyridine rings is 2. The van der Waals surface area contributed by atoms with Crippen molar-refractivity contribution in [2.45, 2.75) is 6.92 Å². The Balaban J connectivity index is 2.13. The Bertz CT molecular complexity index is 1110. The maximum absolute atomic E-state index is 14.2. The van der Waals surface area contributed by atoms with Gasteiger partial charge in [0.25, 0.3) is 0 Å². The third-order valence-corrected chi connectivity index (χ3v) is 3.86. The van der Waals surface area contributed by atoms with Gasteiger partial charge in [0.2, 0.25) is 5.88 Å². The van der Waals surface area contributed by atoms with Crippen LogP contribution in [0.15, 0.2) is 58.9 Å². The number of nitrogens with one attached hydrogen (secondary N) is 1. The standard InChI is InChI=1S/C20H19FN6O3/c1-3-30-20(28)12-7-10-24-17(12)19(26-14-8-9-23-11-13(14)21)27-18(22)15-5-4-6-16(25-15)29-2/h4-11,24H,3H2,1-2H3,(H2,22,23,26,27). The van der Waals surface area contributed by atoms with Gasteiger partial charge >= 0.3 is 5.97 Å². The molecule has 0 aromatic carbocycles. The number of hydrogen-bond acceptors (Lipinski definition) is 6. The van der Waals surface area contributed by atoms with Crippen molar-refractivity contribution >= 4 is 23.3 Å². The Labute approximate surface area is 171 Å². The van der Waals surface area contributed by atoms with Crippen molar-refractivity contribution in [3.63, 3.8) is 0 Å². The van der Waals surface area contributed by atoms with Crippen LogP contribution in [0.4, 0.5) is 10.1 Å². The van der Waals surface area contributed by atoms with Crippen LogP contribution >= 0.6 is 0 Å². The monoisotopic (exact) mass is 410 g/mol. The van der Waals surface area contributed by atoms with E-state index in [0.717, 1.165) is 6.20 Å². The number of hydrogen-bond donors (Lipinski definition) is 2. The molecule has 3 aromatic rings. The van der Waals surface area contributed by atoms with Crippen molar-refractivity contribution in [2.24, 2.45) is 15.7 Å². The second-order valence-electron chi connectivity index (χ2n) is 5.81. The molecular weight excluding hydrogens is 391 g/mol. The van der Waals surface area contributed by atoms with Gasteiger partial charge in [-0.1, -0.05) is 6.07 Å². The number of rotatable bonds is 6. The molecule has 0 bridgehead atoms. The number of aliphatic imine (C=N–C) groups is 2. The second kappa shape index (κ2) is 9.41. The van der Waals surface area contributed by atoms with Crippen molar-refractivity contribution in [1.82, 2.24) is 15.0 Å². The number of H-pyrrole nitrogens is 1. The average molecular weight is 410 g/mol. The molecule has 9 nitrogen and oxygen atoms in total. The van der Waals surface area contributed by atoms with Crippen LogP contribution in [0.25, 0.3) is 0 Å². The number of aromatic amines is 1. The fourth-order valence-corrected chi connectivity index (χ4v) is 2.49. The van der Waals surface area contributed by atoms with Gasteiger partial charge in [0.1, 0.15) is 11.4 Å². The van der Waals surface area contributed by atoms with Crippen LogP contribution in [0.3, 0.4) is 0 Å². The summed E-state index contributed by atoms with van der Waals surface area (Å²) in [7, 11) is 1.48. The topological polar surface area (TPSA) is 128 Å². The minimum atomic E-state index is -0.660. The van der Waals surface area contributed by atoms with E-state index in [2.05, 4.69) is 24.9 Å². The predicted molar refractivity (Wildman–Crippen MR) is 109 cm³/mol. The number of aromatic nitrogens is 3. The zero-order valence-electron chi connectivity index (χ0n) is 16.3. The molecule has 0 spiro atoms. The van der Waals surface area contributed by atoms with E-state index in [-0.39, 0.29) is 35.2 Å². The number of halogens is 1. The largest absolute Gasteiger partial charge is 0.481 e. The fraction of sp³-hybridized carbons (Fsp3) is 0.150. The van der Waals surface area contributed by atoms with Crippen LogP contribution in [-0.2, 0) is 4.74 Å². The van der Waals surface area contributed by atoms with E-state index in [1.165, 1.54) is 31.6 Å². The van der Waals surface area contributed by atoms with E-state index in [4.69, 9.17) is 15.2 Å². The lowest BCUT2D eigenvalue weighted by Gasteiger charge is -2.07. The fourth-order valence-electron chi connectivity index (χ4n) is 2.49. The molecule has 30 heavy (non-hydrogen) atoms. The van der Waals surface area contributed by atoms with Gasteiger partial charge in [-0.2, -0.15) is 0 Å². The Hall–Kier alpha value is -4.08. The Morgan fingerprint density at radius 1 is 1.30 bits per heavy atom. The summed E-state index contributed by atoms with van der Waals surface area (Å²) in [5, 5.41) is 0. The summed E-state index contributed by atoms with van der Waals surface area (Å²) < 4.78 is 24.3. The molecule has 3 rings (SSSR count). The highest BCUT2D eigenvalue weighted by Crippen LogP contribution is 2.20. The van der Waals surface area contributed by atoms with Crippen LogP contribution in [0.1, 0.15) is 28.7 Å². The first-order valence-corrected chi connectivity index (χ1v) is 8.92. The van der Waals surface area contributed by atoms with Crippen LogP contribution in [-0.4, -0.2) is 46.3 Å². The molecule has 0 aliphatic carbocycles. The van der Waals surface area contributed by atoms with E-state index in [0.29, 0.717) is 11.6 Å². The highest BCUT2D eigenvalue weighted by molar-refractivity contribution is 6.14. The van der Waals surface area contributed by atoms with Crippen LogP contribution in [0.2, 0.25) is 0 Å². The summed E-state index contributed by atoms with van der Waals surface area (Å²) in [5.41, 5.74) is 6.81. The van der Waals surface area contributed by atoms with Gasteiger partial charge in [0.05, 0.1) is 31.2 Å². The zero-order chi connectivity index (χ0) is 21.5. The maximum atomic E-state index is 14.2. The van der Waals surface area contributed by atoms with Gasteiger partial charge in [0.15, 0.2) is 17.5 Å².